The average Bonchev–Trinajstić information content (AvgIpc) is 2.98. The Hall–Kier alpha value is -2.77. The minimum Gasteiger partial charge on any atom is -0.389 e. The molecule has 1 atom stereocenters. The maximum atomic E-state index is 13.0. The van der Waals surface area contributed by atoms with E-state index in [1.54, 1.807) is 18.6 Å². The summed E-state index contributed by atoms with van der Waals surface area (Å²) in [5.74, 6) is 0.263. The van der Waals surface area contributed by atoms with Crippen molar-refractivity contribution in [2.45, 2.75) is 45.1 Å². The first-order chi connectivity index (χ1) is 14.9. The molecular weight excluding hydrogens is 390 g/mol. The molecule has 0 amide bonds. The third kappa shape index (κ3) is 5.68. The van der Waals surface area contributed by atoms with E-state index in [0.717, 1.165) is 54.5 Å². The summed E-state index contributed by atoms with van der Waals surface area (Å²) in [7, 11) is 0. The zero-order chi connectivity index (χ0) is 21.8. The van der Waals surface area contributed by atoms with Crippen molar-refractivity contribution in [1.82, 2.24) is 25.1 Å². The Kier molecular flexibility index (Phi) is 6.34. The van der Waals surface area contributed by atoms with Gasteiger partial charge in [0.2, 0.25) is 0 Å². The highest BCUT2D eigenvalue weighted by Gasteiger charge is 2.26. The first-order valence-electron chi connectivity index (χ1n) is 10.9. The van der Waals surface area contributed by atoms with Crippen molar-refractivity contribution in [3.63, 3.8) is 0 Å². The van der Waals surface area contributed by atoms with Gasteiger partial charge in [-0.3, -0.25) is 14.8 Å². The van der Waals surface area contributed by atoms with Gasteiger partial charge in [0.25, 0.3) is 0 Å². The van der Waals surface area contributed by atoms with Crippen molar-refractivity contribution in [2.24, 2.45) is 5.92 Å². The van der Waals surface area contributed by atoms with Crippen molar-refractivity contribution < 1.29 is 9.90 Å². The summed E-state index contributed by atoms with van der Waals surface area (Å²) < 4.78 is 0. The molecule has 1 aromatic carbocycles. The fourth-order valence-corrected chi connectivity index (χ4v) is 4.29. The summed E-state index contributed by atoms with van der Waals surface area (Å²) >= 11 is 0. The highest BCUT2D eigenvalue weighted by molar-refractivity contribution is 5.86. The number of benzene rings is 1. The molecule has 1 aliphatic rings. The number of carbonyl (C=O) groups is 1. The Labute approximate surface area is 182 Å². The lowest BCUT2D eigenvalue weighted by molar-refractivity contribution is -0.122. The fraction of sp³-hybridized carbons (Fsp3) is 0.458. The largest absolute Gasteiger partial charge is 0.389 e. The molecule has 2 aromatic heterocycles. The first kappa shape index (κ1) is 21.5. The van der Waals surface area contributed by atoms with E-state index in [9.17, 15) is 9.90 Å². The molecule has 1 aliphatic heterocycles. The quantitative estimate of drug-likeness (QED) is 0.656. The summed E-state index contributed by atoms with van der Waals surface area (Å²) in [5.41, 5.74) is 2.54. The first-order valence-corrected chi connectivity index (χ1v) is 10.9. The van der Waals surface area contributed by atoms with Crippen LogP contribution in [0.15, 0.2) is 42.9 Å². The van der Waals surface area contributed by atoms with Crippen molar-refractivity contribution in [1.29, 1.82) is 0 Å². The number of aromatic nitrogens is 4. The molecule has 0 spiro atoms. The van der Waals surface area contributed by atoms with E-state index in [2.05, 4.69) is 25.1 Å². The highest BCUT2D eigenvalue weighted by atomic mass is 16.3. The number of ketones is 1. The van der Waals surface area contributed by atoms with Crippen LogP contribution >= 0.6 is 0 Å². The Balaban J connectivity index is 1.44. The van der Waals surface area contributed by atoms with Gasteiger partial charge in [-0.15, -0.1) is 0 Å². The van der Waals surface area contributed by atoms with Gasteiger partial charge in [-0.2, -0.15) is 10.2 Å². The summed E-state index contributed by atoms with van der Waals surface area (Å²) in [6, 6.07) is 7.84. The number of carbonyl (C=O) groups excluding carboxylic acids is 1. The number of β-amino-alcohol motifs (C(OH)–C–C–N with tert-alkyl or cyclic N) is 1. The number of likely N-dealkylation sites (tertiary alicyclic amines) is 1. The zero-order valence-electron chi connectivity index (χ0n) is 18.2. The molecule has 0 bridgehead atoms. The highest BCUT2D eigenvalue weighted by Crippen LogP contribution is 2.24. The Morgan fingerprint density at radius 2 is 2.03 bits per heavy atom. The lowest BCUT2D eigenvalue weighted by atomic mass is 9.93. The lowest BCUT2D eigenvalue weighted by Crippen LogP contribution is -2.39. The van der Waals surface area contributed by atoms with Crippen LogP contribution in [-0.2, 0) is 11.2 Å². The van der Waals surface area contributed by atoms with Gasteiger partial charge in [0.05, 0.1) is 35.1 Å². The number of Topliss-reactive ketones (excluding diaryl/α,β-unsaturated/α-hetero) is 1. The van der Waals surface area contributed by atoms with Gasteiger partial charge in [-0.25, -0.2) is 0 Å². The van der Waals surface area contributed by atoms with Crippen LogP contribution < -0.4 is 0 Å². The van der Waals surface area contributed by atoms with E-state index in [1.807, 2.05) is 38.1 Å². The minimum atomic E-state index is -0.714. The molecule has 162 valence electrons. The monoisotopic (exact) mass is 419 g/mol. The van der Waals surface area contributed by atoms with Crippen LogP contribution in [0.4, 0.5) is 0 Å². The summed E-state index contributed by atoms with van der Waals surface area (Å²) in [6.45, 7) is 6.06. The van der Waals surface area contributed by atoms with Gasteiger partial charge < -0.3 is 10.0 Å². The molecule has 1 fully saturated rings. The normalized spacial score (nSPS) is 18.1. The van der Waals surface area contributed by atoms with Gasteiger partial charge in [-0.05, 0) is 64.4 Å². The van der Waals surface area contributed by atoms with E-state index in [-0.39, 0.29) is 11.7 Å². The third-order valence-electron chi connectivity index (χ3n) is 5.74. The molecule has 3 heterocycles. The van der Waals surface area contributed by atoms with Gasteiger partial charge in [0, 0.05) is 35.8 Å². The van der Waals surface area contributed by atoms with Crippen molar-refractivity contribution in [2.75, 3.05) is 19.6 Å². The number of fused-ring (bicyclic) bond motifs is 1. The molecule has 0 radical (unpaired) electrons. The van der Waals surface area contributed by atoms with Crippen LogP contribution in [0, 0.1) is 5.92 Å². The van der Waals surface area contributed by atoms with Crippen LogP contribution in [0.1, 0.15) is 38.8 Å². The summed E-state index contributed by atoms with van der Waals surface area (Å²) in [5, 5.41) is 19.6. The molecule has 1 N–H and O–H groups in total. The van der Waals surface area contributed by atoms with Gasteiger partial charge >= 0.3 is 0 Å². The average molecular weight is 420 g/mol. The number of hydrogen-bond acceptors (Lipinski definition) is 7. The summed E-state index contributed by atoms with van der Waals surface area (Å²) in [4.78, 5) is 23.7. The molecule has 3 aromatic rings. The number of aliphatic hydroxyl groups is 1. The second kappa shape index (κ2) is 9.16. The SMILES string of the molecule is CC(C)(O)CN1CCCC(C(=O)Cc2cc3cc(-c4cnccn4)ccc3nn2)CC1. The van der Waals surface area contributed by atoms with E-state index in [1.165, 1.54) is 0 Å². The third-order valence-corrected chi connectivity index (χ3v) is 5.74. The molecule has 4 rings (SSSR count). The van der Waals surface area contributed by atoms with Gasteiger partial charge in [0.15, 0.2) is 0 Å². The second-order valence-electron chi connectivity index (χ2n) is 9.06. The van der Waals surface area contributed by atoms with Crippen molar-refractivity contribution in [3.8, 4) is 11.3 Å². The Bertz CT molecular complexity index is 1050. The maximum absolute atomic E-state index is 13.0. The minimum absolute atomic E-state index is 0.0372. The van der Waals surface area contributed by atoms with Crippen LogP contribution in [0.2, 0.25) is 0 Å². The molecule has 7 heteroatoms. The predicted molar refractivity (Wildman–Crippen MR) is 119 cm³/mol. The molecule has 7 nitrogen and oxygen atoms in total. The Morgan fingerprint density at radius 1 is 1.16 bits per heavy atom. The van der Waals surface area contributed by atoms with Gasteiger partial charge in [0.1, 0.15) is 5.78 Å². The molecule has 1 saturated heterocycles. The molecule has 31 heavy (non-hydrogen) atoms. The molecule has 0 aliphatic carbocycles. The maximum Gasteiger partial charge on any atom is 0.142 e. The summed E-state index contributed by atoms with van der Waals surface area (Å²) in [6.07, 6.45) is 8.03. The van der Waals surface area contributed by atoms with E-state index in [0.29, 0.717) is 18.7 Å². The Morgan fingerprint density at radius 3 is 2.81 bits per heavy atom. The molecule has 0 saturated carbocycles. The van der Waals surface area contributed by atoms with Crippen LogP contribution in [0.3, 0.4) is 0 Å². The van der Waals surface area contributed by atoms with E-state index >= 15 is 0 Å². The topological polar surface area (TPSA) is 92.1 Å². The fourth-order valence-electron chi connectivity index (χ4n) is 4.29. The van der Waals surface area contributed by atoms with E-state index < -0.39 is 5.60 Å². The number of hydrogen-bond donors (Lipinski definition) is 1. The lowest BCUT2D eigenvalue weighted by Gasteiger charge is -2.27. The predicted octanol–water partition coefficient (Wildman–Crippen LogP) is 3.07. The van der Waals surface area contributed by atoms with Crippen molar-refractivity contribution >= 4 is 16.7 Å². The van der Waals surface area contributed by atoms with Crippen molar-refractivity contribution in [3.05, 3.63) is 48.5 Å². The number of rotatable bonds is 6. The van der Waals surface area contributed by atoms with Gasteiger partial charge in [-0.1, -0.05) is 6.07 Å². The zero-order valence-corrected chi connectivity index (χ0v) is 18.2. The van der Waals surface area contributed by atoms with E-state index in [4.69, 9.17) is 0 Å². The van der Waals surface area contributed by atoms with Crippen LogP contribution in [0.25, 0.3) is 22.2 Å². The number of nitrogens with zero attached hydrogens (tertiary/aromatic N) is 5. The van der Waals surface area contributed by atoms with Crippen LogP contribution in [-0.4, -0.2) is 61.2 Å². The standard InChI is InChI=1S/C24H29N5O2/c1-24(2,31)16-29-10-3-4-17(7-11-29)23(30)14-20-13-19-12-18(5-6-21(19)28-27-20)22-15-25-8-9-26-22/h5-6,8-9,12-13,15,17,31H,3-4,7,10-11,14,16H2,1-2H3. The smallest absolute Gasteiger partial charge is 0.142 e. The van der Waals surface area contributed by atoms with Crippen LogP contribution in [0.5, 0.6) is 0 Å². The molecule has 1 unspecified atom stereocenters. The molecular formula is C24H29N5O2. The second-order valence-corrected chi connectivity index (χ2v) is 9.06.